The second kappa shape index (κ2) is 9.58. The first kappa shape index (κ1) is 23.4. The van der Waals surface area contributed by atoms with E-state index in [4.69, 9.17) is 9.97 Å². The molecule has 3 nitrogen and oxygen atoms in total. The van der Waals surface area contributed by atoms with Gasteiger partial charge in [-0.05, 0) is 75.8 Å². The van der Waals surface area contributed by atoms with Crippen LogP contribution < -0.4 is 0 Å². The average Bonchev–Trinajstić information content (AvgIpc) is 3.37. The number of hydrogen-bond acceptors (Lipinski definition) is 2. The van der Waals surface area contributed by atoms with Crippen molar-refractivity contribution in [3.63, 3.8) is 0 Å². The molecule has 0 saturated heterocycles. The van der Waals surface area contributed by atoms with Crippen LogP contribution in [0.3, 0.4) is 0 Å². The van der Waals surface area contributed by atoms with Gasteiger partial charge in [-0.1, -0.05) is 109 Å². The largest absolute Gasteiger partial charge is 0.293 e. The van der Waals surface area contributed by atoms with Crippen molar-refractivity contribution >= 4 is 33.1 Å². The molecule has 0 saturated carbocycles. The summed E-state index contributed by atoms with van der Waals surface area (Å²) in [6.07, 6.45) is 0. The Kier molecular flexibility index (Phi) is 5.46. The van der Waals surface area contributed by atoms with E-state index in [1.807, 2.05) is 30.3 Å². The Morgan fingerprint density at radius 2 is 1.00 bits per heavy atom. The van der Waals surface area contributed by atoms with Crippen LogP contribution in [-0.4, -0.2) is 14.5 Å². The maximum atomic E-state index is 5.09. The Morgan fingerprint density at radius 1 is 0.415 bits per heavy atom. The number of rotatable bonds is 4. The number of benzene rings is 6. The van der Waals surface area contributed by atoms with E-state index in [0.717, 1.165) is 44.4 Å². The summed E-state index contributed by atoms with van der Waals surface area (Å²) >= 11 is 0. The van der Waals surface area contributed by atoms with Crippen molar-refractivity contribution < 1.29 is 0 Å². The summed E-state index contributed by atoms with van der Waals surface area (Å²) in [5.41, 5.74) is 12.9. The zero-order valence-electron chi connectivity index (χ0n) is 22.3. The maximum Gasteiger partial charge on any atom is 0.165 e. The summed E-state index contributed by atoms with van der Waals surface area (Å²) in [4.78, 5) is 10.1. The van der Waals surface area contributed by atoms with Crippen LogP contribution in [0.5, 0.6) is 0 Å². The van der Waals surface area contributed by atoms with Crippen LogP contribution in [0.25, 0.3) is 72.2 Å². The molecular formula is C38H25N3. The highest BCUT2D eigenvalue weighted by molar-refractivity contribution is 6.08. The molecule has 41 heavy (non-hydrogen) atoms. The molecule has 0 spiro atoms. The quantitative estimate of drug-likeness (QED) is 0.230. The molecule has 0 aliphatic heterocycles. The zero-order chi connectivity index (χ0) is 27.2. The SMILES string of the molecule is c1ccc(-c2ccccc2-c2cccc(-c3ccc4c5nc6ccccc6nc5n(-c5ccccc5)c4c3)c2)cc1. The van der Waals surface area contributed by atoms with Crippen molar-refractivity contribution in [2.24, 2.45) is 0 Å². The van der Waals surface area contributed by atoms with Gasteiger partial charge in [-0.2, -0.15) is 0 Å². The third-order valence-electron chi connectivity index (χ3n) is 7.79. The molecule has 192 valence electrons. The van der Waals surface area contributed by atoms with Crippen LogP contribution in [0.4, 0.5) is 0 Å². The van der Waals surface area contributed by atoms with E-state index >= 15 is 0 Å². The van der Waals surface area contributed by atoms with Gasteiger partial charge >= 0.3 is 0 Å². The van der Waals surface area contributed by atoms with E-state index in [1.54, 1.807) is 0 Å². The number of fused-ring (bicyclic) bond motifs is 4. The molecule has 2 heterocycles. The minimum Gasteiger partial charge on any atom is -0.293 e. The van der Waals surface area contributed by atoms with Gasteiger partial charge in [-0.3, -0.25) is 4.57 Å². The minimum absolute atomic E-state index is 0.868. The van der Waals surface area contributed by atoms with Crippen molar-refractivity contribution in [2.75, 3.05) is 0 Å². The van der Waals surface area contributed by atoms with Crippen molar-refractivity contribution in [1.29, 1.82) is 0 Å². The molecule has 2 aromatic heterocycles. The smallest absolute Gasteiger partial charge is 0.165 e. The third kappa shape index (κ3) is 3.98. The molecule has 0 radical (unpaired) electrons. The van der Waals surface area contributed by atoms with Crippen LogP contribution in [0, 0.1) is 0 Å². The first-order chi connectivity index (χ1) is 20.3. The van der Waals surface area contributed by atoms with E-state index in [1.165, 1.54) is 27.8 Å². The second-order valence-corrected chi connectivity index (χ2v) is 10.3. The molecule has 0 bridgehead atoms. The highest BCUT2D eigenvalue weighted by atomic mass is 15.1. The molecule has 8 rings (SSSR count). The predicted molar refractivity (Wildman–Crippen MR) is 170 cm³/mol. The van der Waals surface area contributed by atoms with Gasteiger partial charge in [0.1, 0.15) is 5.52 Å². The number of nitrogens with zero attached hydrogens (tertiary/aromatic N) is 3. The number of hydrogen-bond donors (Lipinski definition) is 0. The van der Waals surface area contributed by atoms with Gasteiger partial charge in [0.2, 0.25) is 0 Å². The molecule has 0 fully saturated rings. The lowest BCUT2D eigenvalue weighted by Crippen LogP contribution is -1.96. The van der Waals surface area contributed by atoms with Crippen LogP contribution >= 0.6 is 0 Å². The van der Waals surface area contributed by atoms with E-state index in [9.17, 15) is 0 Å². The van der Waals surface area contributed by atoms with Crippen molar-refractivity contribution in [2.45, 2.75) is 0 Å². The van der Waals surface area contributed by atoms with Crippen LogP contribution in [0.1, 0.15) is 0 Å². The lowest BCUT2D eigenvalue weighted by atomic mass is 9.92. The average molecular weight is 524 g/mol. The summed E-state index contributed by atoms with van der Waals surface area (Å²) in [6, 6.07) is 53.3. The molecule has 0 N–H and O–H groups in total. The topological polar surface area (TPSA) is 30.7 Å². The molecule has 0 atom stereocenters. The number of aromatic nitrogens is 3. The van der Waals surface area contributed by atoms with E-state index in [2.05, 4.69) is 126 Å². The number of para-hydroxylation sites is 3. The Labute approximate surface area is 238 Å². The Balaban J connectivity index is 1.33. The first-order valence-electron chi connectivity index (χ1n) is 13.9. The van der Waals surface area contributed by atoms with Crippen LogP contribution in [-0.2, 0) is 0 Å². The predicted octanol–water partition coefficient (Wildman–Crippen LogP) is 9.73. The molecule has 0 aliphatic rings. The Hall–Kier alpha value is -5.54. The van der Waals surface area contributed by atoms with Gasteiger partial charge in [0.25, 0.3) is 0 Å². The fraction of sp³-hybridized carbons (Fsp3) is 0. The van der Waals surface area contributed by atoms with Gasteiger partial charge in [-0.25, -0.2) is 9.97 Å². The lowest BCUT2D eigenvalue weighted by molar-refractivity contribution is 1.14. The Bertz CT molecular complexity index is 2200. The highest BCUT2D eigenvalue weighted by Crippen LogP contribution is 2.37. The van der Waals surface area contributed by atoms with Crippen molar-refractivity contribution in [1.82, 2.24) is 14.5 Å². The van der Waals surface area contributed by atoms with Crippen molar-refractivity contribution in [3.05, 3.63) is 152 Å². The molecule has 0 amide bonds. The molecule has 0 aliphatic carbocycles. The van der Waals surface area contributed by atoms with Gasteiger partial charge in [0, 0.05) is 11.1 Å². The van der Waals surface area contributed by atoms with E-state index in [-0.39, 0.29) is 0 Å². The lowest BCUT2D eigenvalue weighted by Gasteiger charge is -2.12. The summed E-state index contributed by atoms with van der Waals surface area (Å²) in [7, 11) is 0. The van der Waals surface area contributed by atoms with Gasteiger partial charge in [0.05, 0.1) is 16.6 Å². The molecule has 0 unspecified atom stereocenters. The second-order valence-electron chi connectivity index (χ2n) is 10.3. The van der Waals surface area contributed by atoms with E-state index < -0.39 is 0 Å². The van der Waals surface area contributed by atoms with Gasteiger partial charge < -0.3 is 0 Å². The van der Waals surface area contributed by atoms with Crippen molar-refractivity contribution in [3.8, 4) is 39.1 Å². The first-order valence-corrected chi connectivity index (χ1v) is 13.9. The van der Waals surface area contributed by atoms with Gasteiger partial charge in [0.15, 0.2) is 5.65 Å². The molecular weight excluding hydrogens is 498 g/mol. The van der Waals surface area contributed by atoms with Crippen LogP contribution in [0.2, 0.25) is 0 Å². The monoisotopic (exact) mass is 523 g/mol. The van der Waals surface area contributed by atoms with Crippen LogP contribution in [0.15, 0.2) is 152 Å². The minimum atomic E-state index is 0.868. The fourth-order valence-electron chi connectivity index (χ4n) is 5.85. The van der Waals surface area contributed by atoms with E-state index in [0.29, 0.717) is 0 Å². The normalized spacial score (nSPS) is 11.4. The molecule has 6 aromatic carbocycles. The summed E-state index contributed by atoms with van der Waals surface area (Å²) < 4.78 is 2.24. The standard InChI is InChI=1S/C38H25N3/c1-3-12-26(13-4-1)31-18-7-8-19-32(31)29-15-11-14-27(24-29)28-22-23-33-36(25-28)41(30-16-5-2-6-17-30)38-37(33)39-34-20-9-10-21-35(34)40-38/h1-25H. The maximum absolute atomic E-state index is 5.09. The molecule has 3 heteroatoms. The fourth-order valence-corrected chi connectivity index (χ4v) is 5.85. The van der Waals surface area contributed by atoms with Gasteiger partial charge in [-0.15, -0.1) is 0 Å². The highest BCUT2D eigenvalue weighted by Gasteiger charge is 2.17. The Morgan fingerprint density at radius 3 is 1.78 bits per heavy atom. The zero-order valence-corrected chi connectivity index (χ0v) is 22.3. The summed E-state index contributed by atoms with van der Waals surface area (Å²) in [6.45, 7) is 0. The summed E-state index contributed by atoms with van der Waals surface area (Å²) in [5, 5.41) is 1.09. The molecule has 8 aromatic rings. The summed E-state index contributed by atoms with van der Waals surface area (Å²) in [5.74, 6) is 0. The third-order valence-corrected chi connectivity index (χ3v) is 7.79.